The van der Waals surface area contributed by atoms with Crippen molar-refractivity contribution in [3.05, 3.63) is 40.6 Å². The molecule has 0 amide bonds. The van der Waals surface area contributed by atoms with E-state index in [9.17, 15) is 13.2 Å². The predicted octanol–water partition coefficient (Wildman–Crippen LogP) is 0.739. The van der Waals surface area contributed by atoms with Crippen LogP contribution in [-0.4, -0.2) is 61.0 Å². The van der Waals surface area contributed by atoms with Crippen LogP contribution in [0.25, 0.3) is 11.1 Å². The van der Waals surface area contributed by atoms with Gasteiger partial charge in [0.1, 0.15) is 11.6 Å². The van der Waals surface area contributed by atoms with Crippen molar-refractivity contribution in [2.45, 2.75) is 11.8 Å². The van der Waals surface area contributed by atoms with Gasteiger partial charge in [-0.15, -0.1) is 0 Å². The van der Waals surface area contributed by atoms with Crippen LogP contribution >= 0.6 is 0 Å². The number of rotatable bonds is 4. The Morgan fingerprint density at radius 2 is 1.89 bits per heavy atom. The number of H-pyrrole nitrogens is 1. The molecule has 4 rings (SSSR count). The number of aryl methyl sites for hydroxylation is 1. The van der Waals surface area contributed by atoms with Crippen molar-refractivity contribution in [3.63, 3.8) is 0 Å². The highest BCUT2D eigenvalue weighted by Crippen LogP contribution is 2.24. The molecule has 1 aromatic carbocycles. The fraction of sp³-hybridized carbons (Fsp3) is 0.353. The molecule has 3 heterocycles. The molecular formula is C17H19N5O5S. The predicted molar refractivity (Wildman–Crippen MR) is 101 cm³/mol. The number of ether oxygens (including phenoxy) is 1. The zero-order valence-corrected chi connectivity index (χ0v) is 16.2. The molecule has 0 unspecified atom stereocenters. The first-order chi connectivity index (χ1) is 13.4. The molecule has 1 saturated heterocycles. The quantitative estimate of drug-likeness (QED) is 0.674. The van der Waals surface area contributed by atoms with Gasteiger partial charge in [0.05, 0.1) is 17.5 Å². The number of sulfonamides is 1. The van der Waals surface area contributed by atoms with Gasteiger partial charge in [0, 0.05) is 32.2 Å². The summed E-state index contributed by atoms with van der Waals surface area (Å²) < 4.78 is 37.5. The van der Waals surface area contributed by atoms with E-state index in [1.807, 2.05) is 4.90 Å². The summed E-state index contributed by atoms with van der Waals surface area (Å²) in [4.78, 5) is 24.5. The highest BCUT2D eigenvalue weighted by atomic mass is 32.2. The van der Waals surface area contributed by atoms with E-state index in [1.165, 1.54) is 22.5 Å². The summed E-state index contributed by atoms with van der Waals surface area (Å²) in [6, 6.07) is 6.08. The van der Waals surface area contributed by atoms with Crippen molar-refractivity contribution < 1.29 is 17.6 Å². The zero-order chi connectivity index (χ0) is 19.9. The molecule has 148 valence electrons. The monoisotopic (exact) mass is 405 g/mol. The summed E-state index contributed by atoms with van der Waals surface area (Å²) in [5, 5.41) is 0. The number of piperazine rings is 1. The van der Waals surface area contributed by atoms with Crippen LogP contribution in [-0.2, 0) is 10.0 Å². The van der Waals surface area contributed by atoms with Crippen molar-refractivity contribution in [2.24, 2.45) is 0 Å². The maximum Gasteiger partial charge on any atom is 0.417 e. The van der Waals surface area contributed by atoms with Gasteiger partial charge in [-0.25, -0.2) is 18.2 Å². The third-order valence-corrected chi connectivity index (χ3v) is 6.50. The summed E-state index contributed by atoms with van der Waals surface area (Å²) in [6.45, 7) is 3.39. The SMILES string of the molecule is COc1cc(N2CCN(S(=O)(=O)c3ccc4oc(=O)[nH]c4c3)CC2)nc(C)n1. The Kier molecular flexibility index (Phi) is 4.55. The van der Waals surface area contributed by atoms with Crippen LogP contribution in [0.4, 0.5) is 5.82 Å². The number of aromatic amines is 1. The molecule has 1 fully saturated rings. The minimum atomic E-state index is -3.69. The molecule has 11 heteroatoms. The van der Waals surface area contributed by atoms with E-state index in [0.717, 1.165) is 0 Å². The molecule has 0 saturated carbocycles. The summed E-state index contributed by atoms with van der Waals surface area (Å²) in [5.41, 5.74) is 0.676. The highest BCUT2D eigenvalue weighted by molar-refractivity contribution is 7.89. The lowest BCUT2D eigenvalue weighted by Gasteiger charge is -2.34. The van der Waals surface area contributed by atoms with Gasteiger partial charge in [0.25, 0.3) is 0 Å². The molecule has 1 N–H and O–H groups in total. The highest BCUT2D eigenvalue weighted by Gasteiger charge is 2.29. The Labute approximate surface area is 160 Å². The van der Waals surface area contributed by atoms with Crippen LogP contribution < -0.4 is 15.4 Å². The van der Waals surface area contributed by atoms with Gasteiger partial charge < -0.3 is 14.1 Å². The van der Waals surface area contributed by atoms with Crippen LogP contribution in [0.3, 0.4) is 0 Å². The van der Waals surface area contributed by atoms with E-state index in [4.69, 9.17) is 9.15 Å². The Hall–Kier alpha value is -2.92. The molecule has 1 aliphatic rings. The molecule has 0 spiro atoms. The molecule has 0 bridgehead atoms. The first-order valence-electron chi connectivity index (χ1n) is 8.64. The number of oxazole rings is 1. The molecule has 1 aliphatic heterocycles. The van der Waals surface area contributed by atoms with Crippen molar-refractivity contribution >= 4 is 26.9 Å². The fourth-order valence-corrected chi connectivity index (χ4v) is 4.64. The lowest BCUT2D eigenvalue weighted by Crippen LogP contribution is -2.49. The molecule has 28 heavy (non-hydrogen) atoms. The number of methoxy groups -OCH3 is 1. The number of nitrogens with zero attached hydrogens (tertiary/aromatic N) is 4. The van der Waals surface area contributed by atoms with Crippen LogP contribution in [0.1, 0.15) is 5.82 Å². The number of hydrogen-bond donors (Lipinski definition) is 1. The minimum Gasteiger partial charge on any atom is -0.481 e. The average molecular weight is 405 g/mol. The van der Waals surface area contributed by atoms with Crippen molar-refractivity contribution in [1.82, 2.24) is 19.3 Å². The third kappa shape index (κ3) is 3.34. The van der Waals surface area contributed by atoms with Gasteiger partial charge in [-0.2, -0.15) is 9.29 Å². The topological polar surface area (TPSA) is 122 Å². The van der Waals surface area contributed by atoms with E-state index >= 15 is 0 Å². The van der Waals surface area contributed by atoms with Gasteiger partial charge >= 0.3 is 5.76 Å². The summed E-state index contributed by atoms with van der Waals surface area (Å²) in [6.07, 6.45) is 0. The fourth-order valence-electron chi connectivity index (χ4n) is 3.19. The van der Waals surface area contributed by atoms with E-state index in [0.29, 0.717) is 54.8 Å². The molecule has 10 nitrogen and oxygen atoms in total. The smallest absolute Gasteiger partial charge is 0.417 e. The third-order valence-electron chi connectivity index (χ3n) is 4.60. The lowest BCUT2D eigenvalue weighted by molar-refractivity contribution is 0.380. The maximum atomic E-state index is 13.0. The Bertz CT molecular complexity index is 1180. The van der Waals surface area contributed by atoms with Crippen LogP contribution in [0.2, 0.25) is 0 Å². The largest absolute Gasteiger partial charge is 0.481 e. The molecule has 3 aromatic rings. The number of anilines is 1. The van der Waals surface area contributed by atoms with Crippen molar-refractivity contribution in [3.8, 4) is 5.88 Å². The van der Waals surface area contributed by atoms with Gasteiger partial charge in [0.15, 0.2) is 5.58 Å². The number of aromatic nitrogens is 3. The van der Waals surface area contributed by atoms with Gasteiger partial charge in [0.2, 0.25) is 15.9 Å². The first kappa shape index (κ1) is 18.4. The Morgan fingerprint density at radius 1 is 1.14 bits per heavy atom. The van der Waals surface area contributed by atoms with E-state index < -0.39 is 15.8 Å². The summed E-state index contributed by atoms with van der Waals surface area (Å²) in [5.74, 6) is 1.15. The zero-order valence-electron chi connectivity index (χ0n) is 15.4. The van der Waals surface area contributed by atoms with Gasteiger partial charge in [-0.3, -0.25) is 4.98 Å². The maximum absolute atomic E-state index is 13.0. The summed E-state index contributed by atoms with van der Waals surface area (Å²) >= 11 is 0. The van der Waals surface area contributed by atoms with Crippen molar-refractivity contribution in [2.75, 3.05) is 38.2 Å². The van der Waals surface area contributed by atoms with Crippen LogP contribution in [0.5, 0.6) is 5.88 Å². The second-order valence-electron chi connectivity index (χ2n) is 6.38. The van der Waals surface area contributed by atoms with E-state index in [-0.39, 0.29) is 4.90 Å². The standard InChI is InChI=1S/C17H19N5O5S/c1-11-18-15(10-16(19-11)26-2)21-5-7-22(8-6-21)28(24,25)12-3-4-14-13(9-12)20-17(23)27-14/h3-4,9-10H,5-8H2,1-2H3,(H,20,23). The molecular weight excluding hydrogens is 386 g/mol. The summed E-state index contributed by atoms with van der Waals surface area (Å²) in [7, 11) is -2.14. The van der Waals surface area contributed by atoms with Crippen LogP contribution in [0.15, 0.2) is 38.4 Å². The van der Waals surface area contributed by atoms with E-state index in [2.05, 4.69) is 15.0 Å². The van der Waals surface area contributed by atoms with Gasteiger partial charge in [-0.05, 0) is 25.1 Å². The average Bonchev–Trinajstić information content (AvgIpc) is 3.06. The Balaban J connectivity index is 1.53. The number of nitrogens with one attached hydrogen (secondary N) is 1. The number of hydrogen-bond acceptors (Lipinski definition) is 8. The molecule has 2 aromatic heterocycles. The number of fused-ring (bicyclic) bond motifs is 1. The second-order valence-corrected chi connectivity index (χ2v) is 8.32. The van der Waals surface area contributed by atoms with Crippen molar-refractivity contribution in [1.29, 1.82) is 0 Å². The Morgan fingerprint density at radius 3 is 2.61 bits per heavy atom. The second kappa shape index (κ2) is 6.91. The molecule has 0 radical (unpaired) electrons. The van der Waals surface area contributed by atoms with Crippen LogP contribution in [0, 0.1) is 6.92 Å². The van der Waals surface area contributed by atoms with Gasteiger partial charge in [-0.1, -0.05) is 0 Å². The molecule has 0 aliphatic carbocycles. The lowest BCUT2D eigenvalue weighted by atomic mass is 10.3. The van der Waals surface area contributed by atoms with E-state index in [1.54, 1.807) is 20.1 Å². The molecule has 0 atom stereocenters. The minimum absolute atomic E-state index is 0.116. The first-order valence-corrected chi connectivity index (χ1v) is 10.1. The number of benzene rings is 1. The normalized spacial score (nSPS) is 15.9.